The SMILES string of the molecule is O=C(O)C1CCCCC1NCc1ccc(Cl)cc1. The Hall–Kier alpha value is -1.06. The third-order valence-electron chi connectivity index (χ3n) is 3.56. The predicted octanol–water partition coefficient (Wildman–Crippen LogP) is 3.07. The molecular weight excluding hydrogens is 250 g/mol. The molecule has 0 radical (unpaired) electrons. The topological polar surface area (TPSA) is 49.3 Å². The van der Waals surface area contributed by atoms with E-state index in [0.29, 0.717) is 6.54 Å². The molecule has 2 atom stereocenters. The number of nitrogens with one attached hydrogen (secondary N) is 1. The van der Waals surface area contributed by atoms with Crippen molar-refractivity contribution in [3.8, 4) is 0 Å². The van der Waals surface area contributed by atoms with Crippen LogP contribution in [0.2, 0.25) is 5.02 Å². The molecule has 2 unspecified atom stereocenters. The van der Waals surface area contributed by atoms with E-state index < -0.39 is 5.97 Å². The summed E-state index contributed by atoms with van der Waals surface area (Å²) in [5, 5.41) is 13.3. The van der Waals surface area contributed by atoms with Crippen LogP contribution in [0.25, 0.3) is 0 Å². The van der Waals surface area contributed by atoms with Crippen LogP contribution in [0.5, 0.6) is 0 Å². The molecule has 0 amide bonds. The molecule has 2 N–H and O–H groups in total. The van der Waals surface area contributed by atoms with Crippen LogP contribution in [0.15, 0.2) is 24.3 Å². The minimum Gasteiger partial charge on any atom is -0.481 e. The zero-order chi connectivity index (χ0) is 13.0. The number of halogens is 1. The Balaban J connectivity index is 1.91. The molecule has 0 saturated heterocycles. The van der Waals surface area contributed by atoms with Gasteiger partial charge in [-0.05, 0) is 30.5 Å². The van der Waals surface area contributed by atoms with E-state index in [1.165, 1.54) is 0 Å². The van der Waals surface area contributed by atoms with Crippen molar-refractivity contribution in [2.45, 2.75) is 38.3 Å². The molecule has 0 aliphatic heterocycles. The van der Waals surface area contributed by atoms with Gasteiger partial charge >= 0.3 is 5.97 Å². The molecule has 2 rings (SSSR count). The average molecular weight is 268 g/mol. The van der Waals surface area contributed by atoms with Gasteiger partial charge in [0.05, 0.1) is 5.92 Å². The first kappa shape index (κ1) is 13.4. The number of carboxylic acid groups (broad SMARTS) is 1. The van der Waals surface area contributed by atoms with Crippen LogP contribution in [0, 0.1) is 5.92 Å². The van der Waals surface area contributed by atoms with E-state index in [-0.39, 0.29) is 12.0 Å². The Morgan fingerprint density at radius 3 is 2.61 bits per heavy atom. The molecule has 1 saturated carbocycles. The molecule has 0 bridgehead atoms. The van der Waals surface area contributed by atoms with Gasteiger partial charge < -0.3 is 10.4 Å². The Kier molecular flexibility index (Phi) is 4.61. The van der Waals surface area contributed by atoms with Crippen molar-refractivity contribution < 1.29 is 9.90 Å². The summed E-state index contributed by atoms with van der Waals surface area (Å²) < 4.78 is 0. The molecule has 98 valence electrons. The summed E-state index contributed by atoms with van der Waals surface area (Å²) in [4.78, 5) is 11.2. The van der Waals surface area contributed by atoms with Crippen molar-refractivity contribution in [1.29, 1.82) is 0 Å². The lowest BCUT2D eigenvalue weighted by Gasteiger charge is -2.29. The largest absolute Gasteiger partial charge is 0.481 e. The van der Waals surface area contributed by atoms with Crippen molar-refractivity contribution in [2.24, 2.45) is 5.92 Å². The lowest BCUT2D eigenvalue weighted by atomic mass is 9.84. The first-order valence-corrected chi connectivity index (χ1v) is 6.75. The fourth-order valence-electron chi connectivity index (χ4n) is 2.52. The van der Waals surface area contributed by atoms with Gasteiger partial charge in [-0.15, -0.1) is 0 Å². The summed E-state index contributed by atoms with van der Waals surface area (Å²) in [5.41, 5.74) is 1.13. The highest BCUT2D eigenvalue weighted by Gasteiger charge is 2.30. The first-order chi connectivity index (χ1) is 8.66. The van der Waals surface area contributed by atoms with Gasteiger partial charge in [0.2, 0.25) is 0 Å². The summed E-state index contributed by atoms with van der Waals surface area (Å²) in [6.45, 7) is 0.700. The minimum absolute atomic E-state index is 0.0897. The standard InChI is InChI=1S/C14H18ClNO2/c15-11-7-5-10(6-8-11)9-16-13-4-2-1-3-12(13)14(17)18/h5-8,12-13,16H,1-4,9H2,(H,17,18). The number of benzene rings is 1. The molecule has 1 fully saturated rings. The number of rotatable bonds is 4. The second kappa shape index (κ2) is 6.21. The highest BCUT2D eigenvalue weighted by Crippen LogP contribution is 2.25. The summed E-state index contributed by atoms with van der Waals surface area (Å²) in [7, 11) is 0. The number of carbonyl (C=O) groups is 1. The molecule has 1 aromatic carbocycles. The molecule has 1 aliphatic carbocycles. The maximum atomic E-state index is 11.2. The van der Waals surface area contributed by atoms with Crippen LogP contribution in [0.4, 0.5) is 0 Å². The summed E-state index contributed by atoms with van der Waals surface area (Å²) in [6, 6.07) is 7.73. The van der Waals surface area contributed by atoms with Gasteiger partial charge in [-0.25, -0.2) is 0 Å². The van der Waals surface area contributed by atoms with Crippen molar-refractivity contribution in [3.05, 3.63) is 34.9 Å². The maximum absolute atomic E-state index is 11.2. The highest BCUT2D eigenvalue weighted by molar-refractivity contribution is 6.30. The predicted molar refractivity (Wildman–Crippen MR) is 71.7 cm³/mol. The molecular formula is C14H18ClNO2. The second-order valence-electron chi connectivity index (χ2n) is 4.84. The number of hydrogen-bond donors (Lipinski definition) is 2. The third kappa shape index (κ3) is 3.47. The van der Waals surface area contributed by atoms with Crippen LogP contribution in [0.3, 0.4) is 0 Å². The van der Waals surface area contributed by atoms with Crippen LogP contribution >= 0.6 is 11.6 Å². The normalized spacial score (nSPS) is 23.8. The van der Waals surface area contributed by atoms with Crippen molar-refractivity contribution in [2.75, 3.05) is 0 Å². The molecule has 1 aromatic rings. The summed E-state index contributed by atoms with van der Waals surface area (Å²) in [6.07, 6.45) is 3.87. The monoisotopic (exact) mass is 267 g/mol. The molecule has 0 heterocycles. The van der Waals surface area contributed by atoms with Crippen molar-refractivity contribution >= 4 is 17.6 Å². The van der Waals surface area contributed by atoms with Gasteiger partial charge in [-0.2, -0.15) is 0 Å². The molecule has 0 aromatic heterocycles. The zero-order valence-electron chi connectivity index (χ0n) is 10.2. The van der Waals surface area contributed by atoms with Gasteiger partial charge in [-0.1, -0.05) is 36.6 Å². The summed E-state index contributed by atoms with van der Waals surface area (Å²) in [5.74, 6) is -0.922. The molecule has 18 heavy (non-hydrogen) atoms. The second-order valence-corrected chi connectivity index (χ2v) is 5.28. The first-order valence-electron chi connectivity index (χ1n) is 6.37. The molecule has 0 spiro atoms. The lowest BCUT2D eigenvalue weighted by Crippen LogP contribution is -2.41. The fourth-order valence-corrected chi connectivity index (χ4v) is 2.65. The van der Waals surface area contributed by atoms with E-state index in [1.807, 2.05) is 24.3 Å². The van der Waals surface area contributed by atoms with E-state index in [9.17, 15) is 9.90 Å². The third-order valence-corrected chi connectivity index (χ3v) is 3.82. The van der Waals surface area contributed by atoms with E-state index in [4.69, 9.17) is 11.6 Å². The summed E-state index contributed by atoms with van der Waals surface area (Å²) >= 11 is 5.83. The van der Waals surface area contributed by atoms with Crippen molar-refractivity contribution in [1.82, 2.24) is 5.32 Å². The van der Waals surface area contributed by atoms with Gasteiger partial charge in [0.15, 0.2) is 0 Å². The van der Waals surface area contributed by atoms with E-state index >= 15 is 0 Å². The lowest BCUT2D eigenvalue weighted by molar-refractivity contribution is -0.143. The highest BCUT2D eigenvalue weighted by atomic mass is 35.5. The van der Waals surface area contributed by atoms with E-state index in [2.05, 4.69) is 5.32 Å². The van der Waals surface area contributed by atoms with Crippen LogP contribution < -0.4 is 5.32 Å². The number of carboxylic acids is 1. The Bertz CT molecular complexity index is 405. The van der Waals surface area contributed by atoms with E-state index in [0.717, 1.165) is 36.3 Å². The fraction of sp³-hybridized carbons (Fsp3) is 0.500. The van der Waals surface area contributed by atoms with Crippen LogP contribution in [0.1, 0.15) is 31.2 Å². The number of hydrogen-bond acceptors (Lipinski definition) is 2. The molecule has 3 nitrogen and oxygen atoms in total. The Morgan fingerprint density at radius 1 is 1.28 bits per heavy atom. The quantitative estimate of drug-likeness (QED) is 0.881. The van der Waals surface area contributed by atoms with Crippen molar-refractivity contribution in [3.63, 3.8) is 0 Å². The van der Waals surface area contributed by atoms with Gasteiger partial charge in [0.25, 0.3) is 0 Å². The zero-order valence-corrected chi connectivity index (χ0v) is 11.0. The number of aliphatic carboxylic acids is 1. The van der Waals surface area contributed by atoms with Gasteiger partial charge in [0.1, 0.15) is 0 Å². The smallest absolute Gasteiger partial charge is 0.308 e. The average Bonchev–Trinajstić information content (AvgIpc) is 2.38. The van der Waals surface area contributed by atoms with Crippen LogP contribution in [-0.4, -0.2) is 17.1 Å². The van der Waals surface area contributed by atoms with Gasteiger partial charge in [-0.3, -0.25) is 4.79 Å². The van der Waals surface area contributed by atoms with Gasteiger partial charge in [0, 0.05) is 17.6 Å². The molecule has 1 aliphatic rings. The minimum atomic E-state index is -0.677. The van der Waals surface area contributed by atoms with Crippen LogP contribution in [-0.2, 0) is 11.3 Å². The van der Waals surface area contributed by atoms with E-state index in [1.54, 1.807) is 0 Å². The maximum Gasteiger partial charge on any atom is 0.308 e. The Labute approximate surface area is 112 Å². The Morgan fingerprint density at radius 2 is 1.94 bits per heavy atom. The molecule has 4 heteroatoms.